The van der Waals surface area contributed by atoms with Crippen molar-refractivity contribution in [1.82, 2.24) is 10.6 Å². The quantitative estimate of drug-likeness (QED) is 0.0423. The average molecular weight is 641 g/mol. The number of quaternary nitrogens is 1. The van der Waals surface area contributed by atoms with Crippen LogP contribution in [0.1, 0.15) is 168 Å². The Kier molecular flexibility index (Phi) is 29.0. The lowest BCUT2D eigenvalue weighted by molar-refractivity contribution is -0.912. The Labute approximate surface area is 275 Å². The van der Waals surface area contributed by atoms with Crippen LogP contribution in [-0.4, -0.2) is 77.7 Å². The van der Waals surface area contributed by atoms with Crippen LogP contribution in [0, 0.1) is 0 Å². The first kappa shape index (κ1) is 42.8. The Morgan fingerprint density at radius 2 is 0.711 bits per heavy atom. The lowest BCUT2D eigenvalue weighted by Gasteiger charge is -2.36. The van der Waals surface area contributed by atoms with Crippen molar-refractivity contribution in [1.29, 1.82) is 0 Å². The number of rotatable bonds is 34. The Hall–Kier alpha value is -2.16. The Bertz CT molecular complexity index is 745. The third-order valence-corrected chi connectivity index (χ3v) is 8.77. The van der Waals surface area contributed by atoms with Crippen molar-refractivity contribution in [3.05, 3.63) is 0 Å². The van der Waals surface area contributed by atoms with Gasteiger partial charge in [-0.25, -0.2) is 9.59 Å². The molecule has 0 bridgehead atoms. The first-order valence-corrected chi connectivity index (χ1v) is 18.6. The fourth-order valence-corrected chi connectivity index (χ4v) is 6.00. The molecule has 0 heterocycles. The lowest BCUT2D eigenvalue weighted by Crippen LogP contribution is -2.59. The van der Waals surface area contributed by atoms with Gasteiger partial charge in [0.2, 0.25) is 11.8 Å². The summed E-state index contributed by atoms with van der Waals surface area (Å²) in [4.78, 5) is 48.1. The Balaban J connectivity index is 4.26. The second-order valence-electron chi connectivity index (χ2n) is 13.2. The molecule has 0 aliphatic rings. The van der Waals surface area contributed by atoms with E-state index in [9.17, 15) is 29.4 Å². The van der Waals surface area contributed by atoms with Crippen LogP contribution in [0.3, 0.4) is 0 Å². The van der Waals surface area contributed by atoms with Crippen molar-refractivity contribution in [2.75, 3.05) is 39.3 Å². The molecular weight excluding hydrogens is 570 g/mol. The van der Waals surface area contributed by atoms with E-state index in [4.69, 9.17) is 0 Å². The topological polar surface area (TPSA) is 133 Å². The van der Waals surface area contributed by atoms with Gasteiger partial charge in [0.15, 0.2) is 13.1 Å². The van der Waals surface area contributed by atoms with Crippen molar-refractivity contribution in [3.63, 3.8) is 0 Å². The molecule has 9 heteroatoms. The van der Waals surface area contributed by atoms with Gasteiger partial charge in [-0.1, -0.05) is 142 Å². The standard InChI is InChI=1S/C36H69N3O6/c1-3-5-7-9-11-13-14-15-16-18-20-22-24-26-34(41)38-28-30-39(31-35(42)43,32-36(44)45)29-27-37-33(40)25-23-21-19-17-12-10-8-6-4-2/h3-32H2,1-2H3,(H3-,37,38,40,41,42,43,44,45)/p+1. The van der Waals surface area contributed by atoms with Crippen LogP contribution in [0.4, 0.5) is 0 Å². The largest absolute Gasteiger partial charge is 0.477 e. The van der Waals surface area contributed by atoms with Gasteiger partial charge < -0.3 is 25.3 Å². The van der Waals surface area contributed by atoms with Gasteiger partial charge in [0.25, 0.3) is 0 Å². The molecule has 9 nitrogen and oxygen atoms in total. The Morgan fingerprint density at radius 1 is 0.444 bits per heavy atom. The summed E-state index contributed by atoms with van der Waals surface area (Å²) in [6, 6.07) is 0. The number of carbonyl (C=O) groups excluding carboxylic acids is 2. The van der Waals surface area contributed by atoms with Crippen molar-refractivity contribution in [3.8, 4) is 0 Å². The molecule has 0 unspecified atom stereocenters. The van der Waals surface area contributed by atoms with E-state index in [2.05, 4.69) is 24.5 Å². The molecule has 0 spiro atoms. The number of amides is 2. The highest BCUT2D eigenvalue weighted by Crippen LogP contribution is 2.14. The van der Waals surface area contributed by atoms with Crippen LogP contribution in [0.15, 0.2) is 0 Å². The van der Waals surface area contributed by atoms with Crippen LogP contribution < -0.4 is 10.6 Å². The maximum Gasteiger partial charge on any atom is 0.359 e. The molecule has 0 aromatic heterocycles. The fraction of sp³-hybridized carbons (Fsp3) is 0.889. The summed E-state index contributed by atoms with van der Waals surface area (Å²) in [7, 11) is 0. The summed E-state index contributed by atoms with van der Waals surface area (Å²) in [6.07, 6.45) is 27.5. The van der Waals surface area contributed by atoms with Gasteiger partial charge >= 0.3 is 11.9 Å². The number of hydrogen-bond acceptors (Lipinski definition) is 4. The van der Waals surface area contributed by atoms with Crippen LogP contribution in [0.2, 0.25) is 0 Å². The number of nitrogens with zero attached hydrogens (tertiary/aromatic N) is 1. The summed E-state index contributed by atoms with van der Waals surface area (Å²) in [5.41, 5.74) is 0. The summed E-state index contributed by atoms with van der Waals surface area (Å²) in [6.45, 7) is 4.45. The molecule has 0 aliphatic carbocycles. The molecule has 0 saturated heterocycles. The number of aliphatic carboxylic acids is 2. The van der Waals surface area contributed by atoms with Crippen LogP contribution in [0.25, 0.3) is 0 Å². The molecule has 0 aromatic carbocycles. The molecule has 2 amide bonds. The van der Waals surface area contributed by atoms with Gasteiger partial charge in [-0.05, 0) is 12.8 Å². The van der Waals surface area contributed by atoms with E-state index in [1.165, 1.54) is 103 Å². The van der Waals surface area contributed by atoms with Gasteiger partial charge in [0.05, 0.1) is 26.2 Å². The minimum Gasteiger partial charge on any atom is -0.477 e. The highest BCUT2D eigenvalue weighted by Gasteiger charge is 2.33. The molecule has 0 atom stereocenters. The summed E-state index contributed by atoms with van der Waals surface area (Å²) >= 11 is 0. The number of carbonyl (C=O) groups is 4. The third-order valence-electron chi connectivity index (χ3n) is 8.77. The number of hydrogen-bond donors (Lipinski definition) is 4. The summed E-state index contributed by atoms with van der Waals surface area (Å²) in [5, 5.41) is 24.8. The van der Waals surface area contributed by atoms with E-state index in [0.717, 1.165) is 38.5 Å². The fourth-order valence-electron chi connectivity index (χ4n) is 6.00. The normalized spacial score (nSPS) is 11.4. The minimum absolute atomic E-state index is 0.0870. The van der Waals surface area contributed by atoms with Crippen molar-refractivity contribution < 1.29 is 33.9 Å². The van der Waals surface area contributed by atoms with E-state index in [-0.39, 0.29) is 55.6 Å². The van der Waals surface area contributed by atoms with E-state index in [1.807, 2.05) is 0 Å². The molecule has 0 saturated carbocycles. The third kappa shape index (κ3) is 29.0. The molecular formula is C36H70N3O6+. The molecule has 0 rings (SSSR count). The van der Waals surface area contributed by atoms with Crippen LogP contribution in [-0.2, 0) is 19.2 Å². The first-order valence-electron chi connectivity index (χ1n) is 18.6. The van der Waals surface area contributed by atoms with Gasteiger partial charge in [0.1, 0.15) is 0 Å². The van der Waals surface area contributed by atoms with Gasteiger partial charge in [-0.3, -0.25) is 9.59 Å². The molecule has 0 aliphatic heterocycles. The van der Waals surface area contributed by atoms with Crippen LogP contribution in [0.5, 0.6) is 0 Å². The van der Waals surface area contributed by atoms with Gasteiger partial charge in [0, 0.05) is 12.8 Å². The SMILES string of the molecule is CCCCCCCCCCCCCCCC(=O)NCC[N+](CCNC(=O)CCCCCCCCCCC)(CC(=O)O)CC(=O)O. The monoisotopic (exact) mass is 641 g/mol. The Morgan fingerprint density at radius 3 is 0.978 bits per heavy atom. The highest BCUT2D eigenvalue weighted by molar-refractivity contribution is 5.76. The molecule has 0 radical (unpaired) electrons. The minimum atomic E-state index is -1.10. The van der Waals surface area contributed by atoms with E-state index in [1.54, 1.807) is 0 Å². The zero-order valence-electron chi connectivity index (χ0n) is 29.2. The van der Waals surface area contributed by atoms with Crippen molar-refractivity contribution in [2.45, 2.75) is 168 Å². The second-order valence-corrected chi connectivity index (χ2v) is 13.2. The zero-order chi connectivity index (χ0) is 33.4. The van der Waals surface area contributed by atoms with Crippen molar-refractivity contribution >= 4 is 23.8 Å². The second kappa shape index (κ2) is 30.5. The molecule has 0 aromatic rings. The van der Waals surface area contributed by atoms with E-state index < -0.39 is 11.9 Å². The van der Waals surface area contributed by atoms with Crippen molar-refractivity contribution in [2.24, 2.45) is 0 Å². The number of carboxylic acid groups (broad SMARTS) is 2. The average Bonchev–Trinajstić information content (AvgIpc) is 2.98. The lowest BCUT2D eigenvalue weighted by atomic mass is 10.0. The summed E-state index contributed by atoms with van der Waals surface area (Å²) in [5.74, 6) is -2.38. The first-order chi connectivity index (χ1) is 21.7. The number of nitrogens with one attached hydrogen (secondary N) is 2. The van der Waals surface area contributed by atoms with Gasteiger partial charge in [-0.2, -0.15) is 0 Å². The van der Waals surface area contributed by atoms with E-state index in [0.29, 0.717) is 12.8 Å². The molecule has 4 N–H and O–H groups in total. The maximum absolute atomic E-state index is 12.4. The molecule has 45 heavy (non-hydrogen) atoms. The number of unbranched alkanes of at least 4 members (excludes halogenated alkanes) is 20. The smallest absolute Gasteiger partial charge is 0.359 e. The predicted octanol–water partition coefficient (Wildman–Crippen LogP) is 7.61. The van der Waals surface area contributed by atoms with Gasteiger partial charge in [-0.15, -0.1) is 0 Å². The van der Waals surface area contributed by atoms with E-state index >= 15 is 0 Å². The number of carboxylic acids is 2. The zero-order valence-corrected chi connectivity index (χ0v) is 29.2. The predicted molar refractivity (Wildman–Crippen MR) is 183 cm³/mol. The molecule has 264 valence electrons. The van der Waals surface area contributed by atoms with Crippen LogP contribution >= 0.6 is 0 Å². The highest BCUT2D eigenvalue weighted by atomic mass is 16.4. The summed E-state index contributed by atoms with van der Waals surface area (Å²) < 4.78 is -0.234. The molecule has 0 fully saturated rings. The maximum atomic E-state index is 12.4.